The molecule has 0 saturated heterocycles. The van der Waals surface area contributed by atoms with Gasteiger partial charge >= 0.3 is 5.97 Å². The monoisotopic (exact) mass is 241 g/mol. The van der Waals surface area contributed by atoms with Gasteiger partial charge in [0.2, 0.25) is 5.91 Å². The molecule has 1 saturated carbocycles. The molecule has 0 heterocycles. The van der Waals surface area contributed by atoms with Crippen molar-refractivity contribution in [1.82, 2.24) is 5.32 Å². The molecule has 0 bridgehead atoms. The summed E-state index contributed by atoms with van der Waals surface area (Å²) in [6.07, 6.45) is 6.92. The van der Waals surface area contributed by atoms with Gasteiger partial charge in [0.1, 0.15) is 0 Å². The van der Waals surface area contributed by atoms with Crippen molar-refractivity contribution < 1.29 is 14.7 Å². The summed E-state index contributed by atoms with van der Waals surface area (Å²) >= 11 is 0. The molecule has 2 N–H and O–H groups in total. The van der Waals surface area contributed by atoms with Gasteiger partial charge in [0.15, 0.2) is 0 Å². The van der Waals surface area contributed by atoms with Crippen LogP contribution in [0.4, 0.5) is 0 Å². The van der Waals surface area contributed by atoms with Gasteiger partial charge in [-0.05, 0) is 11.8 Å². The maximum atomic E-state index is 11.6. The number of carbonyl (C=O) groups is 2. The SMILES string of the molecule is CC(CC(=O)NCCC(=O)O)C1CCCCC1. The average Bonchev–Trinajstić information content (AvgIpc) is 2.29. The Morgan fingerprint density at radius 1 is 1.29 bits per heavy atom. The maximum Gasteiger partial charge on any atom is 0.305 e. The summed E-state index contributed by atoms with van der Waals surface area (Å²) in [6.45, 7) is 2.37. The molecule has 0 aromatic rings. The van der Waals surface area contributed by atoms with Crippen molar-refractivity contribution in [3.63, 3.8) is 0 Å². The van der Waals surface area contributed by atoms with Crippen LogP contribution in [0.15, 0.2) is 0 Å². The van der Waals surface area contributed by atoms with Crippen LogP contribution in [0.5, 0.6) is 0 Å². The highest BCUT2D eigenvalue weighted by molar-refractivity contribution is 5.77. The third-order valence-electron chi connectivity index (χ3n) is 3.62. The van der Waals surface area contributed by atoms with Crippen LogP contribution in [0.2, 0.25) is 0 Å². The zero-order chi connectivity index (χ0) is 12.7. The lowest BCUT2D eigenvalue weighted by Gasteiger charge is -2.27. The van der Waals surface area contributed by atoms with Crippen LogP contribution >= 0.6 is 0 Å². The van der Waals surface area contributed by atoms with E-state index in [0.717, 1.165) is 0 Å². The molecule has 1 aliphatic carbocycles. The molecule has 0 radical (unpaired) electrons. The molecule has 17 heavy (non-hydrogen) atoms. The van der Waals surface area contributed by atoms with Crippen LogP contribution in [0, 0.1) is 11.8 Å². The van der Waals surface area contributed by atoms with Gasteiger partial charge in [0.25, 0.3) is 0 Å². The van der Waals surface area contributed by atoms with Crippen molar-refractivity contribution in [3.05, 3.63) is 0 Å². The quantitative estimate of drug-likeness (QED) is 0.749. The molecule has 0 spiro atoms. The molecule has 1 rings (SSSR count). The second-order valence-electron chi connectivity index (χ2n) is 5.07. The molecule has 1 fully saturated rings. The Kier molecular flexibility index (Phi) is 6.01. The minimum Gasteiger partial charge on any atom is -0.481 e. The summed E-state index contributed by atoms with van der Waals surface area (Å²) in [4.78, 5) is 21.9. The van der Waals surface area contributed by atoms with Crippen LogP contribution in [0.25, 0.3) is 0 Å². The van der Waals surface area contributed by atoms with Crippen LogP contribution in [0.1, 0.15) is 51.9 Å². The van der Waals surface area contributed by atoms with Crippen LogP contribution in [-0.2, 0) is 9.59 Å². The van der Waals surface area contributed by atoms with Crippen molar-refractivity contribution in [1.29, 1.82) is 0 Å². The topological polar surface area (TPSA) is 66.4 Å². The molecule has 0 aromatic carbocycles. The number of rotatable bonds is 6. The molecule has 4 nitrogen and oxygen atoms in total. The predicted octanol–water partition coefficient (Wildman–Crippen LogP) is 2.18. The van der Waals surface area contributed by atoms with Crippen molar-refractivity contribution in [3.8, 4) is 0 Å². The van der Waals surface area contributed by atoms with Crippen molar-refractivity contribution in [2.45, 2.75) is 51.9 Å². The van der Waals surface area contributed by atoms with E-state index in [1.165, 1.54) is 32.1 Å². The number of hydrogen-bond donors (Lipinski definition) is 2. The van der Waals surface area contributed by atoms with E-state index in [4.69, 9.17) is 5.11 Å². The molecular weight excluding hydrogens is 218 g/mol. The summed E-state index contributed by atoms with van der Waals surface area (Å²) in [5, 5.41) is 11.1. The smallest absolute Gasteiger partial charge is 0.305 e. The Balaban J connectivity index is 2.18. The molecule has 1 unspecified atom stereocenters. The van der Waals surface area contributed by atoms with Gasteiger partial charge < -0.3 is 10.4 Å². The first-order chi connectivity index (χ1) is 8.09. The zero-order valence-electron chi connectivity index (χ0n) is 10.6. The van der Waals surface area contributed by atoms with E-state index >= 15 is 0 Å². The average molecular weight is 241 g/mol. The molecule has 4 heteroatoms. The van der Waals surface area contributed by atoms with E-state index in [1.807, 2.05) is 0 Å². The van der Waals surface area contributed by atoms with Crippen molar-refractivity contribution >= 4 is 11.9 Å². The highest BCUT2D eigenvalue weighted by atomic mass is 16.4. The Morgan fingerprint density at radius 3 is 2.53 bits per heavy atom. The van der Waals surface area contributed by atoms with E-state index in [-0.39, 0.29) is 18.9 Å². The lowest BCUT2D eigenvalue weighted by molar-refractivity contribution is -0.136. The number of carboxylic acid groups (broad SMARTS) is 1. The van der Waals surface area contributed by atoms with Gasteiger partial charge in [-0.3, -0.25) is 9.59 Å². The highest BCUT2D eigenvalue weighted by Gasteiger charge is 2.21. The fourth-order valence-electron chi connectivity index (χ4n) is 2.54. The Morgan fingerprint density at radius 2 is 1.94 bits per heavy atom. The standard InChI is InChI=1S/C13H23NO3/c1-10(11-5-3-2-4-6-11)9-12(15)14-8-7-13(16)17/h10-11H,2-9H2,1H3,(H,14,15)(H,16,17). The Labute approximate surface area is 103 Å². The van der Waals surface area contributed by atoms with E-state index in [1.54, 1.807) is 0 Å². The second kappa shape index (κ2) is 7.30. The van der Waals surface area contributed by atoms with Gasteiger partial charge in [0.05, 0.1) is 6.42 Å². The number of nitrogens with one attached hydrogen (secondary N) is 1. The third-order valence-corrected chi connectivity index (χ3v) is 3.62. The molecule has 0 aromatic heterocycles. The lowest BCUT2D eigenvalue weighted by atomic mass is 9.79. The van der Waals surface area contributed by atoms with Crippen LogP contribution in [-0.4, -0.2) is 23.5 Å². The minimum absolute atomic E-state index is 0.00352. The molecule has 1 atom stereocenters. The number of aliphatic carboxylic acids is 1. The van der Waals surface area contributed by atoms with Gasteiger partial charge in [-0.1, -0.05) is 39.0 Å². The van der Waals surface area contributed by atoms with Crippen LogP contribution in [0.3, 0.4) is 0 Å². The summed E-state index contributed by atoms with van der Waals surface area (Å²) in [5.74, 6) is 0.212. The first-order valence-corrected chi connectivity index (χ1v) is 6.58. The van der Waals surface area contributed by atoms with Crippen molar-refractivity contribution in [2.24, 2.45) is 11.8 Å². The van der Waals surface area contributed by atoms with Gasteiger partial charge in [-0.2, -0.15) is 0 Å². The predicted molar refractivity (Wildman–Crippen MR) is 65.6 cm³/mol. The molecule has 98 valence electrons. The first kappa shape index (κ1) is 14.0. The minimum atomic E-state index is -0.870. The largest absolute Gasteiger partial charge is 0.481 e. The van der Waals surface area contributed by atoms with E-state index in [9.17, 15) is 9.59 Å². The van der Waals surface area contributed by atoms with Gasteiger partial charge in [0, 0.05) is 13.0 Å². The number of amides is 1. The fourth-order valence-corrected chi connectivity index (χ4v) is 2.54. The molecule has 0 aliphatic heterocycles. The second-order valence-corrected chi connectivity index (χ2v) is 5.07. The van der Waals surface area contributed by atoms with E-state index in [2.05, 4.69) is 12.2 Å². The maximum absolute atomic E-state index is 11.6. The summed E-state index contributed by atoms with van der Waals surface area (Å²) < 4.78 is 0. The number of carbonyl (C=O) groups excluding carboxylic acids is 1. The van der Waals surface area contributed by atoms with E-state index in [0.29, 0.717) is 18.3 Å². The summed E-state index contributed by atoms with van der Waals surface area (Å²) in [5.41, 5.74) is 0. The Hall–Kier alpha value is -1.06. The summed E-state index contributed by atoms with van der Waals surface area (Å²) in [7, 11) is 0. The molecule has 1 aliphatic rings. The normalized spacial score (nSPS) is 18.6. The van der Waals surface area contributed by atoms with Gasteiger partial charge in [-0.25, -0.2) is 0 Å². The lowest BCUT2D eigenvalue weighted by Crippen LogP contribution is -2.29. The summed E-state index contributed by atoms with van der Waals surface area (Å²) in [6, 6.07) is 0. The first-order valence-electron chi connectivity index (χ1n) is 6.58. The van der Waals surface area contributed by atoms with Crippen LogP contribution < -0.4 is 5.32 Å². The molecule has 1 amide bonds. The number of hydrogen-bond acceptors (Lipinski definition) is 2. The number of carboxylic acids is 1. The fraction of sp³-hybridized carbons (Fsp3) is 0.846. The molecular formula is C13H23NO3. The third kappa shape index (κ3) is 5.71. The van der Waals surface area contributed by atoms with Crippen molar-refractivity contribution in [2.75, 3.05) is 6.54 Å². The highest BCUT2D eigenvalue weighted by Crippen LogP contribution is 2.31. The van der Waals surface area contributed by atoms with Gasteiger partial charge in [-0.15, -0.1) is 0 Å². The zero-order valence-corrected chi connectivity index (χ0v) is 10.6. The Bertz CT molecular complexity index is 259. The van der Waals surface area contributed by atoms with E-state index < -0.39 is 5.97 Å².